The first-order valence-corrected chi connectivity index (χ1v) is 6.49. The third-order valence-electron chi connectivity index (χ3n) is 3.68. The fraction of sp³-hybridized carbons (Fsp3) is 0.500. The molecule has 0 unspecified atom stereocenters. The molecule has 1 aliphatic carbocycles. The Morgan fingerprint density at radius 2 is 2.22 bits per heavy atom. The normalized spacial score (nSPS) is 15.2. The minimum absolute atomic E-state index is 0.302. The van der Waals surface area contributed by atoms with Crippen LogP contribution >= 0.6 is 0 Å². The van der Waals surface area contributed by atoms with Gasteiger partial charge in [-0.05, 0) is 43.9 Å². The molecule has 0 aliphatic heterocycles. The number of hydrogen-bond donors (Lipinski definition) is 2. The van der Waals surface area contributed by atoms with Crippen molar-refractivity contribution in [1.29, 1.82) is 0 Å². The lowest BCUT2D eigenvalue weighted by Gasteiger charge is -2.33. The van der Waals surface area contributed by atoms with Crippen LogP contribution < -0.4 is 10.6 Å². The van der Waals surface area contributed by atoms with Gasteiger partial charge in [0.1, 0.15) is 0 Å². The maximum Gasteiger partial charge on any atom is 0.337 e. The van der Waals surface area contributed by atoms with Crippen molar-refractivity contribution in [3.63, 3.8) is 0 Å². The van der Waals surface area contributed by atoms with E-state index in [0.29, 0.717) is 17.2 Å². The molecule has 3 N–H and O–H groups in total. The fourth-order valence-electron chi connectivity index (χ4n) is 2.39. The molecular weight excluding hydrogens is 228 g/mol. The first-order chi connectivity index (χ1) is 8.61. The zero-order valence-electron chi connectivity index (χ0n) is 10.7. The minimum atomic E-state index is -0.913. The second-order valence-corrected chi connectivity index (χ2v) is 4.92. The number of hydrogen-bond acceptors (Lipinski definition) is 3. The minimum Gasteiger partial charge on any atom is -0.478 e. The second-order valence-electron chi connectivity index (χ2n) is 4.92. The van der Waals surface area contributed by atoms with Crippen molar-refractivity contribution in [2.24, 2.45) is 5.92 Å². The van der Waals surface area contributed by atoms with Gasteiger partial charge in [0, 0.05) is 18.8 Å². The van der Waals surface area contributed by atoms with E-state index in [-0.39, 0.29) is 0 Å². The highest BCUT2D eigenvalue weighted by atomic mass is 16.4. The van der Waals surface area contributed by atoms with E-state index < -0.39 is 5.97 Å². The molecule has 0 spiro atoms. The number of carboxylic acid groups (broad SMARTS) is 1. The van der Waals surface area contributed by atoms with E-state index in [4.69, 9.17) is 5.73 Å². The third kappa shape index (κ3) is 2.58. The number of carbonyl (C=O) groups is 1. The van der Waals surface area contributed by atoms with Crippen molar-refractivity contribution in [1.82, 2.24) is 0 Å². The SMILES string of the molecule is CCN(CC1CCC1)c1ccc(N)cc1C(=O)O. The molecule has 1 aromatic carbocycles. The van der Waals surface area contributed by atoms with Crippen LogP contribution in [0.5, 0.6) is 0 Å². The predicted molar refractivity (Wildman–Crippen MR) is 73.0 cm³/mol. The molecule has 2 rings (SSSR count). The van der Waals surface area contributed by atoms with Crippen LogP contribution in [0.15, 0.2) is 18.2 Å². The van der Waals surface area contributed by atoms with Gasteiger partial charge < -0.3 is 15.7 Å². The Kier molecular flexibility index (Phi) is 3.75. The molecular formula is C14H20N2O2. The molecule has 0 amide bonds. The number of nitrogens with two attached hydrogens (primary N) is 1. The lowest BCUT2D eigenvalue weighted by atomic mass is 9.85. The Morgan fingerprint density at radius 1 is 1.50 bits per heavy atom. The maximum atomic E-state index is 11.3. The number of aromatic carboxylic acids is 1. The molecule has 1 aromatic rings. The van der Waals surface area contributed by atoms with E-state index >= 15 is 0 Å². The fourth-order valence-corrected chi connectivity index (χ4v) is 2.39. The van der Waals surface area contributed by atoms with Gasteiger partial charge in [0.15, 0.2) is 0 Å². The number of nitrogens with zero attached hydrogens (tertiary/aromatic N) is 1. The van der Waals surface area contributed by atoms with Crippen LogP contribution in [0.25, 0.3) is 0 Å². The van der Waals surface area contributed by atoms with Crippen LogP contribution in [0.3, 0.4) is 0 Å². The van der Waals surface area contributed by atoms with Crippen LogP contribution in [0.2, 0.25) is 0 Å². The molecule has 1 saturated carbocycles. The van der Waals surface area contributed by atoms with Crippen molar-refractivity contribution >= 4 is 17.3 Å². The predicted octanol–water partition coefficient (Wildman–Crippen LogP) is 2.59. The van der Waals surface area contributed by atoms with Gasteiger partial charge >= 0.3 is 5.97 Å². The van der Waals surface area contributed by atoms with Crippen molar-refractivity contribution in [3.8, 4) is 0 Å². The quantitative estimate of drug-likeness (QED) is 0.786. The number of anilines is 2. The van der Waals surface area contributed by atoms with Gasteiger partial charge in [-0.25, -0.2) is 4.79 Å². The molecule has 1 fully saturated rings. The van der Waals surface area contributed by atoms with Gasteiger partial charge in [-0.2, -0.15) is 0 Å². The lowest BCUT2D eigenvalue weighted by molar-refractivity contribution is 0.0697. The van der Waals surface area contributed by atoms with Gasteiger partial charge in [0.25, 0.3) is 0 Å². The van der Waals surface area contributed by atoms with E-state index in [2.05, 4.69) is 11.8 Å². The van der Waals surface area contributed by atoms with E-state index in [1.165, 1.54) is 19.3 Å². The Morgan fingerprint density at radius 3 is 2.72 bits per heavy atom. The average Bonchev–Trinajstić information content (AvgIpc) is 2.28. The Labute approximate surface area is 107 Å². The highest BCUT2D eigenvalue weighted by molar-refractivity contribution is 5.95. The average molecular weight is 248 g/mol. The van der Waals surface area contributed by atoms with Crippen molar-refractivity contribution in [2.75, 3.05) is 23.7 Å². The first kappa shape index (κ1) is 12.7. The molecule has 0 aromatic heterocycles. The van der Waals surface area contributed by atoms with Crippen LogP contribution in [0, 0.1) is 5.92 Å². The smallest absolute Gasteiger partial charge is 0.337 e. The molecule has 0 atom stereocenters. The number of benzene rings is 1. The lowest BCUT2D eigenvalue weighted by Crippen LogP contribution is -2.33. The van der Waals surface area contributed by atoms with Gasteiger partial charge in [-0.1, -0.05) is 6.42 Å². The van der Waals surface area contributed by atoms with Gasteiger partial charge in [-0.15, -0.1) is 0 Å². The highest BCUT2D eigenvalue weighted by Gasteiger charge is 2.22. The van der Waals surface area contributed by atoms with Crippen LogP contribution in [-0.2, 0) is 0 Å². The summed E-state index contributed by atoms with van der Waals surface area (Å²) < 4.78 is 0. The first-order valence-electron chi connectivity index (χ1n) is 6.49. The molecule has 4 nitrogen and oxygen atoms in total. The molecule has 98 valence electrons. The number of nitrogen functional groups attached to an aromatic ring is 1. The molecule has 0 heterocycles. The van der Waals surface area contributed by atoms with Gasteiger partial charge in [0.05, 0.1) is 11.3 Å². The number of rotatable bonds is 5. The summed E-state index contributed by atoms with van der Waals surface area (Å²) in [6.45, 7) is 3.82. The van der Waals surface area contributed by atoms with Crippen molar-refractivity contribution in [2.45, 2.75) is 26.2 Å². The second kappa shape index (κ2) is 5.29. The van der Waals surface area contributed by atoms with E-state index in [9.17, 15) is 9.90 Å². The van der Waals surface area contributed by atoms with E-state index in [0.717, 1.165) is 18.8 Å². The van der Waals surface area contributed by atoms with Crippen LogP contribution in [0.1, 0.15) is 36.5 Å². The zero-order chi connectivity index (χ0) is 13.1. The summed E-state index contributed by atoms with van der Waals surface area (Å²) in [6.07, 6.45) is 3.82. The Hall–Kier alpha value is -1.71. The van der Waals surface area contributed by atoms with Crippen molar-refractivity contribution < 1.29 is 9.90 Å². The zero-order valence-corrected chi connectivity index (χ0v) is 10.7. The summed E-state index contributed by atoms with van der Waals surface area (Å²) in [5.41, 5.74) is 7.25. The molecule has 0 radical (unpaired) electrons. The monoisotopic (exact) mass is 248 g/mol. The molecule has 0 saturated heterocycles. The topological polar surface area (TPSA) is 66.6 Å². The summed E-state index contributed by atoms with van der Waals surface area (Å²) in [5.74, 6) is -0.200. The third-order valence-corrected chi connectivity index (χ3v) is 3.68. The maximum absolute atomic E-state index is 11.3. The van der Waals surface area contributed by atoms with E-state index in [1.54, 1.807) is 12.1 Å². The van der Waals surface area contributed by atoms with Crippen LogP contribution in [-0.4, -0.2) is 24.2 Å². The highest BCUT2D eigenvalue weighted by Crippen LogP contribution is 2.30. The summed E-state index contributed by atoms with van der Waals surface area (Å²) in [4.78, 5) is 13.4. The summed E-state index contributed by atoms with van der Waals surface area (Å²) in [7, 11) is 0. The van der Waals surface area contributed by atoms with Crippen LogP contribution in [0.4, 0.5) is 11.4 Å². The molecule has 18 heavy (non-hydrogen) atoms. The molecule has 1 aliphatic rings. The van der Waals surface area contributed by atoms with Gasteiger partial charge in [0.2, 0.25) is 0 Å². The largest absolute Gasteiger partial charge is 0.478 e. The van der Waals surface area contributed by atoms with Crippen molar-refractivity contribution in [3.05, 3.63) is 23.8 Å². The van der Waals surface area contributed by atoms with E-state index in [1.807, 2.05) is 6.07 Å². The summed E-state index contributed by atoms with van der Waals surface area (Å²) >= 11 is 0. The molecule has 0 bridgehead atoms. The number of carboxylic acids is 1. The summed E-state index contributed by atoms with van der Waals surface area (Å²) in [5, 5.41) is 9.26. The summed E-state index contributed by atoms with van der Waals surface area (Å²) in [6, 6.07) is 5.13. The standard InChI is InChI=1S/C14H20N2O2/c1-2-16(9-10-4-3-5-10)13-7-6-11(15)8-12(13)14(17)18/h6-8,10H,2-5,9,15H2,1H3,(H,17,18). The van der Waals surface area contributed by atoms with Gasteiger partial charge in [-0.3, -0.25) is 0 Å². The Bertz CT molecular complexity index is 441. The molecule has 4 heteroatoms. The Balaban J connectivity index is 2.25.